The van der Waals surface area contributed by atoms with E-state index in [2.05, 4.69) is 15.8 Å². The molecule has 2 aromatic rings. The van der Waals surface area contributed by atoms with Crippen LogP contribution in [0.2, 0.25) is 10.0 Å². The van der Waals surface area contributed by atoms with Crippen LogP contribution in [0.25, 0.3) is 0 Å². The average molecular weight is 280 g/mol. The van der Waals surface area contributed by atoms with Gasteiger partial charge < -0.3 is 0 Å². The van der Waals surface area contributed by atoms with E-state index in [1.165, 1.54) is 5.56 Å². The largest absolute Gasteiger partial charge is 0.260 e. The first-order valence-electron chi connectivity index (χ1n) is 5.33. The molecule has 0 amide bonds. The number of nitrogens with one attached hydrogen (secondary N) is 1. The molecule has 0 saturated heterocycles. The Bertz CT molecular complexity index is 565. The highest BCUT2D eigenvalue weighted by atomic mass is 35.5. The molecule has 0 unspecified atom stereocenters. The summed E-state index contributed by atoms with van der Waals surface area (Å²) >= 11 is 11.7. The zero-order valence-electron chi connectivity index (χ0n) is 9.69. The predicted octanol–water partition coefficient (Wildman–Crippen LogP) is 5.41. The van der Waals surface area contributed by atoms with Gasteiger partial charge in [-0.3, -0.25) is 5.43 Å². The molecule has 2 rings (SSSR count). The summed E-state index contributed by atoms with van der Waals surface area (Å²) < 4.78 is 0. The normalized spacial score (nSPS) is 10.8. The highest BCUT2D eigenvalue weighted by Crippen LogP contribution is 2.25. The summed E-state index contributed by atoms with van der Waals surface area (Å²) in [7, 11) is 0. The van der Waals surface area contributed by atoms with Gasteiger partial charge in [-0.15, -0.1) is 5.11 Å². The van der Waals surface area contributed by atoms with Crippen molar-refractivity contribution >= 4 is 34.6 Å². The molecule has 0 spiro atoms. The van der Waals surface area contributed by atoms with E-state index in [4.69, 9.17) is 23.2 Å². The Morgan fingerprint density at radius 1 is 0.944 bits per heavy atom. The van der Waals surface area contributed by atoms with Crippen molar-refractivity contribution in [3.05, 3.63) is 58.1 Å². The maximum atomic E-state index is 5.88. The third kappa shape index (κ3) is 3.45. The van der Waals surface area contributed by atoms with Crippen molar-refractivity contribution in [2.45, 2.75) is 6.92 Å². The summed E-state index contributed by atoms with van der Waals surface area (Å²) in [5.74, 6) is 0. The second-order valence-corrected chi connectivity index (χ2v) is 4.59. The molecule has 5 heteroatoms. The molecule has 92 valence electrons. The lowest BCUT2D eigenvalue weighted by Gasteiger charge is -2.00. The summed E-state index contributed by atoms with van der Waals surface area (Å²) in [5, 5.41) is 8.91. The first-order chi connectivity index (χ1) is 8.65. The molecule has 0 saturated carbocycles. The monoisotopic (exact) mass is 279 g/mol. The highest BCUT2D eigenvalue weighted by molar-refractivity contribution is 6.42. The Morgan fingerprint density at radius 2 is 1.67 bits per heavy atom. The van der Waals surface area contributed by atoms with Crippen LogP contribution >= 0.6 is 23.2 Å². The molecule has 0 bridgehead atoms. The molecule has 0 radical (unpaired) electrons. The fourth-order valence-corrected chi connectivity index (χ4v) is 1.62. The summed E-state index contributed by atoms with van der Waals surface area (Å²) in [5.41, 5.74) is 5.50. The fourth-order valence-electron chi connectivity index (χ4n) is 1.32. The Kier molecular flexibility index (Phi) is 4.18. The van der Waals surface area contributed by atoms with Gasteiger partial charge in [0.1, 0.15) is 0 Å². The lowest BCUT2D eigenvalue weighted by Crippen LogP contribution is -1.86. The highest BCUT2D eigenvalue weighted by Gasteiger charge is 1.97. The van der Waals surface area contributed by atoms with Crippen molar-refractivity contribution in [2.75, 3.05) is 5.43 Å². The van der Waals surface area contributed by atoms with Crippen LogP contribution in [0.3, 0.4) is 0 Å². The molecular formula is C13H11Cl2N3. The first-order valence-corrected chi connectivity index (χ1v) is 6.09. The minimum Gasteiger partial charge on any atom is -0.260 e. The van der Waals surface area contributed by atoms with Crippen LogP contribution in [0, 0.1) is 6.92 Å². The van der Waals surface area contributed by atoms with Gasteiger partial charge in [-0.2, -0.15) is 0 Å². The van der Waals surface area contributed by atoms with Gasteiger partial charge in [0.05, 0.1) is 21.4 Å². The molecule has 1 N–H and O–H groups in total. The molecule has 0 aromatic heterocycles. The number of rotatable bonds is 3. The van der Waals surface area contributed by atoms with E-state index in [1.807, 2.05) is 31.2 Å². The van der Waals surface area contributed by atoms with E-state index in [-0.39, 0.29) is 0 Å². The van der Waals surface area contributed by atoms with Crippen LogP contribution in [-0.4, -0.2) is 0 Å². The zero-order valence-corrected chi connectivity index (χ0v) is 11.2. The minimum absolute atomic E-state index is 0.479. The Balaban J connectivity index is 2.02. The van der Waals surface area contributed by atoms with Gasteiger partial charge in [0.2, 0.25) is 0 Å². The van der Waals surface area contributed by atoms with Crippen molar-refractivity contribution in [3.63, 3.8) is 0 Å². The van der Waals surface area contributed by atoms with Crippen molar-refractivity contribution in [3.8, 4) is 0 Å². The van der Waals surface area contributed by atoms with Gasteiger partial charge in [-0.05, 0) is 37.3 Å². The maximum Gasteiger partial charge on any atom is 0.0874 e. The predicted molar refractivity (Wildman–Crippen MR) is 75.8 cm³/mol. The lowest BCUT2D eigenvalue weighted by molar-refractivity contribution is 1.13. The Labute approximate surface area is 115 Å². The third-order valence-electron chi connectivity index (χ3n) is 2.30. The smallest absolute Gasteiger partial charge is 0.0874 e. The van der Waals surface area contributed by atoms with E-state index in [1.54, 1.807) is 18.2 Å². The second-order valence-electron chi connectivity index (χ2n) is 3.78. The average Bonchev–Trinajstić information content (AvgIpc) is 2.36. The molecule has 0 atom stereocenters. The van der Waals surface area contributed by atoms with Crippen molar-refractivity contribution < 1.29 is 0 Å². The van der Waals surface area contributed by atoms with Crippen molar-refractivity contribution in [2.24, 2.45) is 10.3 Å². The number of nitrogens with zero attached hydrogens (tertiary/aromatic N) is 2. The van der Waals surface area contributed by atoms with Crippen molar-refractivity contribution in [1.29, 1.82) is 0 Å². The molecule has 0 aliphatic carbocycles. The van der Waals surface area contributed by atoms with E-state index in [0.717, 1.165) is 11.4 Å². The fraction of sp³-hybridized carbons (Fsp3) is 0.0769. The number of halogens is 2. The topological polar surface area (TPSA) is 36.8 Å². The van der Waals surface area contributed by atoms with Crippen LogP contribution in [0.15, 0.2) is 52.8 Å². The number of anilines is 1. The summed E-state index contributed by atoms with van der Waals surface area (Å²) in [6, 6.07) is 12.9. The SMILES string of the molecule is Cc1ccc(N=NNc2ccc(Cl)c(Cl)c2)cc1. The van der Waals surface area contributed by atoms with Crippen molar-refractivity contribution in [1.82, 2.24) is 0 Å². The molecule has 0 aliphatic heterocycles. The standard InChI is InChI=1S/C13H11Cl2N3/c1-9-2-4-10(5-3-9)16-18-17-11-6-7-12(14)13(15)8-11/h2-8H,1H3,(H,16,17). The van der Waals surface area contributed by atoms with E-state index in [0.29, 0.717) is 10.0 Å². The molecule has 0 fully saturated rings. The van der Waals surface area contributed by atoms with Crippen LogP contribution in [0.4, 0.5) is 11.4 Å². The maximum absolute atomic E-state index is 5.88. The minimum atomic E-state index is 0.479. The van der Waals surface area contributed by atoms with Crippen LogP contribution in [0.5, 0.6) is 0 Å². The number of benzene rings is 2. The molecule has 0 heterocycles. The van der Waals surface area contributed by atoms with Gasteiger partial charge >= 0.3 is 0 Å². The molecule has 2 aromatic carbocycles. The van der Waals surface area contributed by atoms with Crippen LogP contribution < -0.4 is 5.43 Å². The van der Waals surface area contributed by atoms with Gasteiger partial charge in [0, 0.05) is 0 Å². The van der Waals surface area contributed by atoms with Gasteiger partial charge in [-0.25, -0.2) is 0 Å². The van der Waals surface area contributed by atoms with Crippen LogP contribution in [-0.2, 0) is 0 Å². The molecular weight excluding hydrogens is 269 g/mol. The molecule has 0 aliphatic rings. The Morgan fingerprint density at radius 3 is 2.33 bits per heavy atom. The number of aryl methyl sites for hydroxylation is 1. The lowest BCUT2D eigenvalue weighted by atomic mass is 10.2. The summed E-state index contributed by atoms with van der Waals surface area (Å²) in [6.45, 7) is 2.02. The zero-order chi connectivity index (χ0) is 13.0. The second kappa shape index (κ2) is 5.85. The number of hydrogen-bond acceptors (Lipinski definition) is 2. The van der Waals surface area contributed by atoms with E-state index < -0.39 is 0 Å². The number of hydrogen-bond donors (Lipinski definition) is 1. The Hall–Kier alpha value is -1.58. The van der Waals surface area contributed by atoms with Gasteiger partial charge in [0.15, 0.2) is 0 Å². The molecule has 18 heavy (non-hydrogen) atoms. The van der Waals surface area contributed by atoms with E-state index in [9.17, 15) is 0 Å². The van der Waals surface area contributed by atoms with Gasteiger partial charge in [0.25, 0.3) is 0 Å². The third-order valence-corrected chi connectivity index (χ3v) is 3.04. The quantitative estimate of drug-likeness (QED) is 0.592. The molecule has 3 nitrogen and oxygen atoms in total. The summed E-state index contributed by atoms with van der Waals surface area (Å²) in [4.78, 5) is 0. The summed E-state index contributed by atoms with van der Waals surface area (Å²) in [6.07, 6.45) is 0. The van der Waals surface area contributed by atoms with E-state index >= 15 is 0 Å². The van der Waals surface area contributed by atoms with Gasteiger partial charge in [-0.1, -0.05) is 46.1 Å². The van der Waals surface area contributed by atoms with Crippen LogP contribution in [0.1, 0.15) is 5.56 Å². The first kappa shape index (κ1) is 12.9.